The van der Waals surface area contributed by atoms with Crippen LogP contribution < -0.4 is 15.6 Å². The average Bonchev–Trinajstić information content (AvgIpc) is 3.22. The lowest BCUT2D eigenvalue weighted by Gasteiger charge is -2.43. The molecule has 0 aromatic heterocycles. The van der Waals surface area contributed by atoms with Gasteiger partial charge in [-0.2, -0.15) is 0 Å². The van der Waals surface area contributed by atoms with E-state index in [1.807, 2.05) is 11.1 Å². The Morgan fingerprint density at radius 1 is 0.438 bits per heavy atom. The zero-order valence-electron chi connectivity index (χ0n) is 18.9. The van der Waals surface area contributed by atoms with Crippen molar-refractivity contribution in [2.75, 3.05) is 0 Å². The first-order chi connectivity index (χ1) is 15.9. The van der Waals surface area contributed by atoms with Gasteiger partial charge in [0.15, 0.2) is 8.07 Å². The van der Waals surface area contributed by atoms with E-state index < -0.39 is 8.07 Å². The summed E-state index contributed by atoms with van der Waals surface area (Å²) in [5.74, 6) is 0. The van der Waals surface area contributed by atoms with Crippen molar-refractivity contribution in [1.82, 2.24) is 0 Å². The number of hydrogen-bond acceptors (Lipinski definition) is 0. The van der Waals surface area contributed by atoms with Crippen molar-refractivity contribution >= 4 is 23.6 Å². The highest BCUT2D eigenvalue weighted by molar-refractivity contribution is 7.13. The van der Waals surface area contributed by atoms with Gasteiger partial charge < -0.3 is 0 Å². The Labute approximate surface area is 193 Å². The Morgan fingerprint density at radius 3 is 1.16 bits per heavy atom. The standard InChI is InChI=1S/C31H32Si/c1-4-14-24(15-5-1)32(25-16-6-2-7-17-25,26-18-8-3-9-19-26)31-29-22-12-10-20-27(29)28-21-11-13-23-30(28)31/h1-9,14-19,31H,10-13,20-23H2. The molecule has 0 N–H and O–H groups in total. The van der Waals surface area contributed by atoms with Gasteiger partial charge in [0.05, 0.1) is 0 Å². The quantitative estimate of drug-likeness (QED) is 0.336. The summed E-state index contributed by atoms with van der Waals surface area (Å²) in [6.07, 6.45) is 10.7. The van der Waals surface area contributed by atoms with Gasteiger partial charge in [-0.15, -0.1) is 0 Å². The van der Waals surface area contributed by atoms with Crippen LogP contribution in [0.1, 0.15) is 51.4 Å². The van der Waals surface area contributed by atoms with Gasteiger partial charge in [0.2, 0.25) is 0 Å². The molecule has 0 radical (unpaired) electrons. The SMILES string of the molecule is c1ccc([Si](c2ccccc2)(c2ccccc2)C2C3=C(CCCC3)C3=C2CCCC3)cc1. The third-order valence-electron chi connectivity index (χ3n) is 8.20. The van der Waals surface area contributed by atoms with Crippen LogP contribution in [0.2, 0.25) is 5.54 Å². The molecule has 32 heavy (non-hydrogen) atoms. The molecule has 0 saturated heterocycles. The third-order valence-corrected chi connectivity index (χ3v) is 13.5. The fourth-order valence-corrected chi connectivity index (χ4v) is 12.9. The molecule has 3 aromatic carbocycles. The lowest BCUT2D eigenvalue weighted by atomic mass is 9.87. The van der Waals surface area contributed by atoms with E-state index in [2.05, 4.69) is 91.0 Å². The molecule has 0 fully saturated rings. The van der Waals surface area contributed by atoms with E-state index in [1.54, 1.807) is 26.7 Å². The highest BCUT2D eigenvalue weighted by Gasteiger charge is 2.52. The van der Waals surface area contributed by atoms with Crippen molar-refractivity contribution in [3.05, 3.63) is 113 Å². The van der Waals surface area contributed by atoms with Gasteiger partial charge in [0, 0.05) is 5.54 Å². The van der Waals surface area contributed by atoms with Crippen molar-refractivity contribution in [3.63, 3.8) is 0 Å². The summed E-state index contributed by atoms with van der Waals surface area (Å²) in [5, 5.41) is 4.71. The van der Waals surface area contributed by atoms with E-state index in [0.717, 1.165) is 0 Å². The molecular weight excluding hydrogens is 400 g/mol. The molecular formula is C31H32Si. The minimum atomic E-state index is -2.32. The lowest BCUT2D eigenvalue weighted by molar-refractivity contribution is 0.664. The van der Waals surface area contributed by atoms with E-state index >= 15 is 0 Å². The summed E-state index contributed by atoms with van der Waals surface area (Å²) in [5.41, 5.74) is 7.81. The predicted octanol–water partition coefficient (Wildman–Crippen LogP) is 6.28. The Kier molecular flexibility index (Phi) is 5.23. The highest BCUT2D eigenvalue weighted by Crippen LogP contribution is 2.55. The first-order valence-electron chi connectivity index (χ1n) is 12.5. The second kappa shape index (κ2) is 8.37. The monoisotopic (exact) mass is 432 g/mol. The van der Waals surface area contributed by atoms with Crippen LogP contribution in [0, 0.1) is 0 Å². The molecule has 0 saturated carbocycles. The minimum Gasteiger partial charge on any atom is -0.0624 e. The second-order valence-corrected chi connectivity index (χ2v) is 13.7. The molecule has 0 aliphatic heterocycles. The number of fused-ring (bicyclic) bond motifs is 1. The summed E-state index contributed by atoms with van der Waals surface area (Å²) < 4.78 is 0. The second-order valence-electron chi connectivity index (χ2n) is 9.76. The topological polar surface area (TPSA) is 0 Å². The average molecular weight is 433 g/mol. The number of hydrogen-bond donors (Lipinski definition) is 0. The largest absolute Gasteiger partial charge is 0.159 e. The van der Waals surface area contributed by atoms with Crippen LogP contribution in [0.3, 0.4) is 0 Å². The fourth-order valence-electron chi connectivity index (χ4n) is 7.02. The zero-order valence-corrected chi connectivity index (χ0v) is 19.9. The minimum absolute atomic E-state index is 0.584. The Bertz CT molecular complexity index is 1030. The van der Waals surface area contributed by atoms with Gasteiger partial charge in [-0.05, 0) is 78.1 Å². The van der Waals surface area contributed by atoms with E-state index in [0.29, 0.717) is 5.54 Å². The van der Waals surface area contributed by atoms with E-state index in [1.165, 1.54) is 51.4 Å². The van der Waals surface area contributed by atoms with Crippen LogP contribution in [0.15, 0.2) is 113 Å². The van der Waals surface area contributed by atoms with Crippen LogP contribution in [0.5, 0.6) is 0 Å². The van der Waals surface area contributed by atoms with Gasteiger partial charge in [-0.3, -0.25) is 0 Å². The molecule has 3 aromatic rings. The Balaban J connectivity index is 1.72. The molecule has 0 spiro atoms. The van der Waals surface area contributed by atoms with Gasteiger partial charge in [0.1, 0.15) is 0 Å². The van der Waals surface area contributed by atoms with Crippen LogP contribution in [0.4, 0.5) is 0 Å². The van der Waals surface area contributed by atoms with Gasteiger partial charge in [0.25, 0.3) is 0 Å². The number of benzene rings is 3. The fraction of sp³-hybridized carbons (Fsp3) is 0.290. The number of rotatable bonds is 4. The zero-order chi connectivity index (χ0) is 21.4. The first-order valence-corrected chi connectivity index (χ1v) is 14.6. The normalized spacial score (nSPS) is 19.1. The van der Waals surface area contributed by atoms with Crippen LogP contribution in [0.25, 0.3) is 0 Å². The molecule has 1 heteroatoms. The van der Waals surface area contributed by atoms with Crippen molar-refractivity contribution in [1.29, 1.82) is 0 Å². The molecule has 0 heterocycles. The van der Waals surface area contributed by atoms with Crippen molar-refractivity contribution in [2.45, 2.75) is 56.9 Å². The Morgan fingerprint density at radius 2 is 0.781 bits per heavy atom. The summed E-state index contributed by atoms with van der Waals surface area (Å²) in [6.45, 7) is 0. The maximum absolute atomic E-state index is 2.44. The van der Waals surface area contributed by atoms with Crippen LogP contribution >= 0.6 is 0 Å². The maximum Gasteiger partial charge on any atom is 0.159 e. The van der Waals surface area contributed by atoms with E-state index in [4.69, 9.17) is 0 Å². The van der Waals surface area contributed by atoms with Crippen LogP contribution in [-0.4, -0.2) is 8.07 Å². The molecule has 0 amide bonds. The molecule has 3 aliphatic carbocycles. The molecule has 160 valence electrons. The molecule has 0 unspecified atom stereocenters. The molecule has 3 aliphatic rings. The summed E-state index contributed by atoms with van der Waals surface area (Å²) in [7, 11) is -2.32. The summed E-state index contributed by atoms with van der Waals surface area (Å²) in [6, 6.07) is 34.8. The van der Waals surface area contributed by atoms with Gasteiger partial charge in [-0.25, -0.2) is 0 Å². The predicted molar refractivity (Wildman–Crippen MR) is 139 cm³/mol. The van der Waals surface area contributed by atoms with Crippen LogP contribution in [-0.2, 0) is 0 Å². The van der Waals surface area contributed by atoms with E-state index in [9.17, 15) is 0 Å². The lowest BCUT2D eigenvalue weighted by Crippen LogP contribution is -2.70. The smallest absolute Gasteiger partial charge is 0.0624 e. The van der Waals surface area contributed by atoms with Crippen molar-refractivity contribution in [2.24, 2.45) is 0 Å². The molecule has 0 nitrogen and oxygen atoms in total. The van der Waals surface area contributed by atoms with Crippen molar-refractivity contribution in [3.8, 4) is 0 Å². The van der Waals surface area contributed by atoms with Gasteiger partial charge in [-0.1, -0.05) is 102 Å². The summed E-state index contributed by atoms with van der Waals surface area (Å²) >= 11 is 0. The first kappa shape index (κ1) is 20.0. The highest BCUT2D eigenvalue weighted by atomic mass is 28.3. The Hall–Kier alpha value is -2.64. The number of allylic oxidation sites excluding steroid dienone is 4. The molecule has 6 rings (SSSR count). The maximum atomic E-state index is 2.44. The van der Waals surface area contributed by atoms with Gasteiger partial charge >= 0.3 is 0 Å². The molecule has 0 atom stereocenters. The van der Waals surface area contributed by atoms with E-state index in [-0.39, 0.29) is 0 Å². The summed E-state index contributed by atoms with van der Waals surface area (Å²) in [4.78, 5) is 0. The molecule has 0 bridgehead atoms. The van der Waals surface area contributed by atoms with Crippen molar-refractivity contribution < 1.29 is 0 Å². The third kappa shape index (κ3) is 3.02.